The van der Waals surface area contributed by atoms with Crippen molar-refractivity contribution in [1.29, 1.82) is 5.26 Å². The lowest BCUT2D eigenvalue weighted by molar-refractivity contribution is -0.119. The van der Waals surface area contributed by atoms with Crippen LogP contribution in [0.1, 0.15) is 66.0 Å². The van der Waals surface area contributed by atoms with Gasteiger partial charge in [-0.3, -0.25) is 9.78 Å². The second kappa shape index (κ2) is 21.2. The fourth-order valence-electron chi connectivity index (χ4n) is 6.91. The summed E-state index contributed by atoms with van der Waals surface area (Å²) in [4.78, 5) is 18.0. The molecule has 3 aromatic carbocycles. The number of rotatable bonds is 18. The van der Waals surface area contributed by atoms with E-state index in [1.165, 1.54) is 11.2 Å². The highest BCUT2D eigenvalue weighted by Crippen LogP contribution is 2.36. The molecule has 57 heavy (non-hydrogen) atoms. The summed E-state index contributed by atoms with van der Waals surface area (Å²) in [6.07, 6.45) is 6.61. The Morgan fingerprint density at radius 1 is 1.00 bits per heavy atom. The number of aromatic nitrogens is 1. The van der Waals surface area contributed by atoms with Crippen LogP contribution < -0.4 is 36.5 Å². The van der Waals surface area contributed by atoms with E-state index in [0.717, 1.165) is 83.6 Å². The van der Waals surface area contributed by atoms with Crippen molar-refractivity contribution in [2.45, 2.75) is 72.3 Å². The zero-order valence-corrected chi connectivity index (χ0v) is 34.1. The van der Waals surface area contributed by atoms with Crippen LogP contribution in [0, 0.1) is 25.2 Å². The lowest BCUT2D eigenvalue weighted by Crippen LogP contribution is -2.44. The molecule has 14 heteroatoms. The predicted octanol–water partition coefficient (Wildman–Crippen LogP) is 5.98. The fraction of sp³-hybridized carbons (Fsp3) is 0.395. The molecule has 1 aliphatic heterocycles. The van der Waals surface area contributed by atoms with E-state index in [4.69, 9.17) is 37.5 Å². The number of carbonyl (C=O) groups is 1. The number of hydrazine groups is 1. The second-order valence-corrected chi connectivity index (χ2v) is 14.7. The molecule has 6 N–H and O–H groups in total. The number of halogens is 1. The summed E-state index contributed by atoms with van der Waals surface area (Å²) in [5.41, 5.74) is 7.45. The number of hydrazone groups is 1. The van der Waals surface area contributed by atoms with Crippen LogP contribution in [-0.4, -0.2) is 72.5 Å². The van der Waals surface area contributed by atoms with Crippen LogP contribution in [0.15, 0.2) is 72.1 Å². The normalized spacial score (nSPS) is 13.5. The number of benzene rings is 3. The number of ether oxygens (including phenoxy) is 3. The summed E-state index contributed by atoms with van der Waals surface area (Å²) in [6.45, 7) is 10.9. The molecular formula is C43H54ClN9O4. The molecule has 0 spiro atoms. The molecule has 1 aromatic heterocycles. The molecule has 5 rings (SSSR count). The number of carbonyl (C=O) groups excluding carboxylic acids is 1. The molecule has 0 saturated carbocycles. The number of amides is 1. The molecule has 4 aromatic rings. The van der Waals surface area contributed by atoms with Crippen molar-refractivity contribution in [3.05, 3.63) is 105 Å². The topological polar surface area (TPSA) is 176 Å². The van der Waals surface area contributed by atoms with Gasteiger partial charge in [0, 0.05) is 88.7 Å². The smallest absolute Gasteiger partial charge is 0.217 e. The van der Waals surface area contributed by atoms with Crippen LogP contribution in [0.5, 0.6) is 17.2 Å². The first-order chi connectivity index (χ1) is 27.6. The Kier molecular flexibility index (Phi) is 15.9. The first kappa shape index (κ1) is 42.7. The van der Waals surface area contributed by atoms with Gasteiger partial charge in [-0.1, -0.05) is 41.9 Å². The molecule has 302 valence electrons. The Balaban J connectivity index is 1.24. The number of piperidine rings is 1. The van der Waals surface area contributed by atoms with Crippen molar-refractivity contribution in [2.75, 3.05) is 39.8 Å². The SMILES string of the molecule is CC(=O)NC1CCN(CCCOc2cccc(-c3cccc(COc4cc(OCc5cncc(C#N)c5)c(CNCC/C(=N/N)N(C)N)cc4Cl)c3C)c2C)CC1. The minimum absolute atomic E-state index is 0.0456. The maximum atomic E-state index is 11.4. The Labute approximate surface area is 340 Å². The van der Waals surface area contributed by atoms with E-state index >= 15 is 0 Å². The lowest BCUT2D eigenvalue weighted by Gasteiger charge is -2.32. The van der Waals surface area contributed by atoms with Crippen LogP contribution in [0.4, 0.5) is 0 Å². The highest BCUT2D eigenvalue weighted by atomic mass is 35.5. The number of amidine groups is 1. The zero-order chi connectivity index (χ0) is 40.7. The second-order valence-electron chi connectivity index (χ2n) is 14.3. The third kappa shape index (κ3) is 12.3. The molecule has 2 heterocycles. The molecule has 0 atom stereocenters. The minimum Gasteiger partial charge on any atom is -0.493 e. The minimum atomic E-state index is 0.0456. The van der Waals surface area contributed by atoms with Gasteiger partial charge in [0.15, 0.2) is 0 Å². The van der Waals surface area contributed by atoms with Crippen LogP contribution in [-0.2, 0) is 24.6 Å². The Morgan fingerprint density at radius 3 is 2.46 bits per heavy atom. The summed E-state index contributed by atoms with van der Waals surface area (Å²) in [5.74, 6) is 13.8. The molecule has 1 aliphatic rings. The van der Waals surface area contributed by atoms with Crippen LogP contribution in [0.3, 0.4) is 0 Å². The molecule has 13 nitrogen and oxygen atoms in total. The predicted molar refractivity (Wildman–Crippen MR) is 224 cm³/mol. The number of likely N-dealkylation sites (tertiary alicyclic amines) is 1. The van der Waals surface area contributed by atoms with E-state index in [0.29, 0.717) is 54.0 Å². The highest BCUT2D eigenvalue weighted by Gasteiger charge is 2.20. The maximum Gasteiger partial charge on any atom is 0.217 e. The van der Waals surface area contributed by atoms with Gasteiger partial charge >= 0.3 is 0 Å². The van der Waals surface area contributed by atoms with Gasteiger partial charge in [0.05, 0.1) is 17.2 Å². The van der Waals surface area contributed by atoms with Gasteiger partial charge < -0.3 is 40.6 Å². The first-order valence-corrected chi connectivity index (χ1v) is 19.6. The van der Waals surface area contributed by atoms with E-state index in [9.17, 15) is 10.1 Å². The number of nitriles is 1. The van der Waals surface area contributed by atoms with Crippen LogP contribution >= 0.6 is 11.6 Å². The Hall–Kier alpha value is -5.39. The van der Waals surface area contributed by atoms with E-state index in [2.05, 4.69) is 63.7 Å². The van der Waals surface area contributed by atoms with E-state index in [-0.39, 0.29) is 25.2 Å². The highest BCUT2D eigenvalue weighted by molar-refractivity contribution is 6.32. The molecule has 0 bridgehead atoms. The van der Waals surface area contributed by atoms with Gasteiger partial charge in [-0.2, -0.15) is 10.4 Å². The number of hydrogen-bond acceptors (Lipinski definition) is 11. The number of pyridine rings is 1. The number of nitrogens with zero attached hydrogens (tertiary/aromatic N) is 5. The maximum absolute atomic E-state index is 11.4. The van der Waals surface area contributed by atoms with Crippen molar-refractivity contribution in [3.63, 3.8) is 0 Å². The van der Waals surface area contributed by atoms with Crippen molar-refractivity contribution in [2.24, 2.45) is 16.8 Å². The average molecular weight is 796 g/mol. The summed E-state index contributed by atoms with van der Waals surface area (Å²) < 4.78 is 19.0. The number of nitrogens with two attached hydrogens (primary N) is 2. The third-order valence-corrected chi connectivity index (χ3v) is 10.4. The van der Waals surface area contributed by atoms with E-state index < -0.39 is 0 Å². The van der Waals surface area contributed by atoms with Crippen LogP contribution in [0.25, 0.3) is 11.1 Å². The molecule has 0 radical (unpaired) electrons. The Morgan fingerprint density at radius 2 is 1.74 bits per heavy atom. The standard InChI is InChI=1S/C43H54ClN9O4/c1-29-34(8-5-9-37(29)38-10-6-11-40(30(38)2)55-19-7-16-53-17-13-36(14-18-53)50-31(3)54)28-57-42-22-41(56-27-33-20-32(23-45)24-49-25-33)35(21-39(42)44)26-48-15-12-43(51-46)52(4)47/h5-6,8-11,20-22,24-25,36,48H,7,12-19,26-28,46-47H2,1-4H3,(H,50,54)/b51-43-. The van der Waals surface area contributed by atoms with Crippen LogP contribution in [0.2, 0.25) is 5.02 Å². The average Bonchev–Trinajstić information content (AvgIpc) is 3.20. The lowest BCUT2D eigenvalue weighted by atomic mass is 9.93. The summed E-state index contributed by atoms with van der Waals surface area (Å²) in [6, 6.07) is 20.2. The van der Waals surface area contributed by atoms with Crippen molar-refractivity contribution < 1.29 is 19.0 Å². The van der Waals surface area contributed by atoms with Gasteiger partial charge in [-0.15, -0.1) is 0 Å². The molecule has 0 unspecified atom stereocenters. The van der Waals surface area contributed by atoms with E-state index in [1.807, 2.05) is 24.3 Å². The zero-order valence-electron chi connectivity index (χ0n) is 33.3. The van der Waals surface area contributed by atoms with Gasteiger partial charge in [-0.05, 0) is 79.1 Å². The first-order valence-electron chi connectivity index (χ1n) is 19.2. The monoisotopic (exact) mass is 795 g/mol. The van der Waals surface area contributed by atoms with Gasteiger partial charge in [-0.25, -0.2) is 5.84 Å². The number of nitrogens with one attached hydrogen (secondary N) is 2. The van der Waals surface area contributed by atoms with E-state index in [1.54, 1.807) is 32.3 Å². The molecular weight excluding hydrogens is 742 g/mol. The number of hydrogen-bond donors (Lipinski definition) is 4. The van der Waals surface area contributed by atoms with Gasteiger partial charge in [0.25, 0.3) is 0 Å². The van der Waals surface area contributed by atoms with Gasteiger partial charge in [0.1, 0.15) is 42.4 Å². The molecule has 0 aliphatic carbocycles. The molecule has 1 fully saturated rings. The molecule has 1 saturated heterocycles. The Bertz CT molecular complexity index is 2040. The largest absolute Gasteiger partial charge is 0.493 e. The summed E-state index contributed by atoms with van der Waals surface area (Å²) in [5, 5.41) is 21.3. The summed E-state index contributed by atoms with van der Waals surface area (Å²) in [7, 11) is 1.69. The molecule has 1 amide bonds. The van der Waals surface area contributed by atoms with Crippen molar-refractivity contribution >= 4 is 23.3 Å². The summed E-state index contributed by atoms with van der Waals surface area (Å²) >= 11 is 6.83. The third-order valence-electron chi connectivity index (χ3n) is 10.1. The van der Waals surface area contributed by atoms with Crippen molar-refractivity contribution in [1.82, 2.24) is 25.5 Å². The van der Waals surface area contributed by atoms with Gasteiger partial charge in [0.2, 0.25) is 5.91 Å². The quantitative estimate of drug-likeness (QED) is 0.0307. The van der Waals surface area contributed by atoms with Crippen molar-refractivity contribution in [3.8, 4) is 34.4 Å². The fourth-order valence-corrected chi connectivity index (χ4v) is 7.15.